The highest BCUT2D eigenvalue weighted by molar-refractivity contribution is 6.06. The lowest BCUT2D eigenvalue weighted by Crippen LogP contribution is -2.58. The molecule has 0 bridgehead atoms. The summed E-state index contributed by atoms with van der Waals surface area (Å²) in [5, 5.41) is 6.95. The van der Waals surface area contributed by atoms with Crippen molar-refractivity contribution in [1.29, 1.82) is 0 Å². The van der Waals surface area contributed by atoms with Gasteiger partial charge in [-0.15, -0.1) is 0 Å². The van der Waals surface area contributed by atoms with E-state index in [2.05, 4.69) is 10.4 Å². The van der Waals surface area contributed by atoms with Gasteiger partial charge in [0, 0.05) is 12.2 Å². The number of nitrogens with zero attached hydrogens (tertiary/aromatic N) is 3. The number of hydrogen-bond donors (Lipinski definition) is 1. The second kappa shape index (κ2) is 5.42. The summed E-state index contributed by atoms with van der Waals surface area (Å²) in [6.07, 6.45) is 4.97. The van der Waals surface area contributed by atoms with Crippen LogP contribution in [0.4, 0.5) is 5.69 Å². The molecule has 1 fully saturated rings. The van der Waals surface area contributed by atoms with Crippen molar-refractivity contribution < 1.29 is 9.59 Å². The summed E-state index contributed by atoms with van der Waals surface area (Å²) in [6.45, 7) is 6.10. The van der Waals surface area contributed by atoms with Crippen LogP contribution in [0.2, 0.25) is 0 Å². The molecule has 19 heavy (non-hydrogen) atoms. The Bertz CT molecular complexity index is 481. The van der Waals surface area contributed by atoms with Crippen LogP contribution in [-0.2, 0) is 9.59 Å². The fraction of sp³-hybridized carbons (Fsp3) is 0.615. The number of aromatic nitrogens is 2. The zero-order chi connectivity index (χ0) is 14.0. The molecule has 2 amide bonds. The van der Waals surface area contributed by atoms with Gasteiger partial charge >= 0.3 is 0 Å². The van der Waals surface area contributed by atoms with Crippen LogP contribution in [0.1, 0.15) is 39.7 Å². The average molecular weight is 264 g/mol. The second-order valence-corrected chi connectivity index (χ2v) is 5.11. The van der Waals surface area contributed by atoms with E-state index in [0.717, 1.165) is 6.42 Å². The molecule has 1 aliphatic heterocycles. The Kier molecular flexibility index (Phi) is 3.87. The molecule has 0 spiro atoms. The first-order valence-electron chi connectivity index (χ1n) is 6.67. The summed E-state index contributed by atoms with van der Waals surface area (Å²) < 4.78 is 1.78. The topological polar surface area (TPSA) is 67.2 Å². The fourth-order valence-electron chi connectivity index (χ4n) is 2.16. The Morgan fingerprint density at radius 1 is 1.47 bits per heavy atom. The van der Waals surface area contributed by atoms with Crippen molar-refractivity contribution in [2.45, 2.75) is 45.7 Å². The lowest BCUT2D eigenvalue weighted by molar-refractivity contribution is -0.131. The number of nitrogens with one attached hydrogen (secondary N) is 1. The second-order valence-electron chi connectivity index (χ2n) is 5.11. The van der Waals surface area contributed by atoms with Gasteiger partial charge in [0.25, 0.3) is 0 Å². The minimum atomic E-state index is -0.409. The molecule has 6 nitrogen and oxygen atoms in total. The highest BCUT2D eigenvalue weighted by atomic mass is 16.2. The van der Waals surface area contributed by atoms with Gasteiger partial charge in [0.05, 0.1) is 11.9 Å². The maximum atomic E-state index is 12.3. The third kappa shape index (κ3) is 2.77. The van der Waals surface area contributed by atoms with Crippen LogP contribution in [0.25, 0.3) is 0 Å². The first-order valence-corrected chi connectivity index (χ1v) is 6.67. The van der Waals surface area contributed by atoms with E-state index in [-0.39, 0.29) is 24.4 Å². The minimum absolute atomic E-state index is 0.0512. The molecular formula is C13H20N4O2. The molecule has 0 aliphatic carbocycles. The number of carbonyl (C=O) groups excluding carboxylic acids is 2. The predicted octanol–water partition coefficient (Wildman–Crippen LogP) is 1.10. The van der Waals surface area contributed by atoms with Gasteiger partial charge in [0.2, 0.25) is 11.8 Å². The van der Waals surface area contributed by atoms with Gasteiger partial charge < -0.3 is 5.32 Å². The first-order chi connectivity index (χ1) is 9.02. The number of piperazine rings is 1. The Morgan fingerprint density at radius 3 is 2.79 bits per heavy atom. The molecule has 104 valence electrons. The summed E-state index contributed by atoms with van der Waals surface area (Å²) in [5.41, 5.74) is 0.689. The van der Waals surface area contributed by atoms with Gasteiger partial charge in [-0.25, -0.2) is 0 Å². The third-order valence-electron chi connectivity index (χ3n) is 3.21. The highest BCUT2D eigenvalue weighted by Gasteiger charge is 2.33. The number of amides is 2. The summed E-state index contributed by atoms with van der Waals surface area (Å²) in [7, 11) is 0. The molecule has 1 atom stereocenters. The van der Waals surface area contributed by atoms with Crippen molar-refractivity contribution in [3.05, 3.63) is 12.4 Å². The van der Waals surface area contributed by atoms with Crippen molar-refractivity contribution in [3.8, 4) is 0 Å². The van der Waals surface area contributed by atoms with Gasteiger partial charge in [-0.3, -0.25) is 19.2 Å². The van der Waals surface area contributed by atoms with E-state index in [1.165, 1.54) is 4.90 Å². The van der Waals surface area contributed by atoms with Crippen LogP contribution in [0.3, 0.4) is 0 Å². The van der Waals surface area contributed by atoms with E-state index >= 15 is 0 Å². The molecule has 1 saturated heterocycles. The largest absolute Gasteiger partial charge is 0.343 e. The number of hydrogen-bond acceptors (Lipinski definition) is 3. The van der Waals surface area contributed by atoms with Crippen LogP contribution in [0.15, 0.2) is 12.4 Å². The van der Waals surface area contributed by atoms with Crippen LogP contribution in [0, 0.1) is 0 Å². The summed E-state index contributed by atoms with van der Waals surface area (Å²) >= 11 is 0. The molecule has 1 aliphatic rings. The van der Waals surface area contributed by atoms with E-state index in [9.17, 15) is 9.59 Å². The summed E-state index contributed by atoms with van der Waals surface area (Å²) in [5.74, 6) is -0.167. The van der Waals surface area contributed by atoms with E-state index in [0.29, 0.717) is 12.1 Å². The van der Waals surface area contributed by atoms with Crippen molar-refractivity contribution >= 4 is 17.5 Å². The van der Waals surface area contributed by atoms with Crippen molar-refractivity contribution in [2.24, 2.45) is 0 Å². The van der Waals surface area contributed by atoms with Crippen molar-refractivity contribution in [3.63, 3.8) is 0 Å². The number of carbonyl (C=O) groups is 2. The molecule has 1 unspecified atom stereocenters. The number of anilines is 1. The van der Waals surface area contributed by atoms with E-state index in [1.54, 1.807) is 10.9 Å². The lowest BCUT2D eigenvalue weighted by Gasteiger charge is -2.31. The predicted molar refractivity (Wildman–Crippen MR) is 71.8 cm³/mol. The van der Waals surface area contributed by atoms with E-state index < -0.39 is 6.04 Å². The molecule has 1 N–H and O–H groups in total. The molecule has 1 aromatic heterocycles. The smallest absolute Gasteiger partial charge is 0.250 e. The monoisotopic (exact) mass is 264 g/mol. The molecule has 1 aromatic rings. The summed E-state index contributed by atoms with van der Waals surface area (Å²) in [6, 6.07) is -0.178. The molecule has 0 radical (unpaired) electrons. The molecule has 2 heterocycles. The Morgan fingerprint density at radius 2 is 2.21 bits per heavy atom. The van der Waals surface area contributed by atoms with Gasteiger partial charge in [0.15, 0.2) is 0 Å². The number of rotatable bonds is 4. The molecule has 6 heteroatoms. The summed E-state index contributed by atoms with van der Waals surface area (Å²) in [4.78, 5) is 25.5. The SMILES string of the molecule is CCCC1NC(=O)CN(c2cnn(C(C)C)c2)C1=O. The van der Waals surface area contributed by atoms with Gasteiger partial charge in [-0.1, -0.05) is 13.3 Å². The highest BCUT2D eigenvalue weighted by Crippen LogP contribution is 2.19. The fourth-order valence-corrected chi connectivity index (χ4v) is 2.16. The van der Waals surface area contributed by atoms with Crippen molar-refractivity contribution in [2.75, 3.05) is 11.4 Å². The van der Waals surface area contributed by atoms with Crippen LogP contribution in [-0.4, -0.2) is 34.2 Å². The zero-order valence-corrected chi connectivity index (χ0v) is 11.6. The van der Waals surface area contributed by atoms with E-state index in [1.807, 2.05) is 27.0 Å². The lowest BCUT2D eigenvalue weighted by atomic mass is 10.1. The van der Waals surface area contributed by atoms with Crippen LogP contribution in [0.5, 0.6) is 0 Å². The Hall–Kier alpha value is -1.85. The standard InChI is InChI=1S/C13H20N4O2/c1-4-5-11-13(19)16(8-12(18)15-11)10-6-14-17(7-10)9(2)3/h6-7,9,11H,4-5,8H2,1-3H3,(H,15,18). The first kappa shape index (κ1) is 13.6. The van der Waals surface area contributed by atoms with Gasteiger partial charge in [0.1, 0.15) is 12.6 Å². The quantitative estimate of drug-likeness (QED) is 0.885. The van der Waals surface area contributed by atoms with Crippen LogP contribution < -0.4 is 10.2 Å². The Labute approximate surface area is 112 Å². The maximum Gasteiger partial charge on any atom is 0.250 e. The third-order valence-corrected chi connectivity index (χ3v) is 3.21. The Balaban J connectivity index is 2.21. The molecule has 0 saturated carbocycles. The molecule has 2 rings (SSSR count). The van der Waals surface area contributed by atoms with Crippen LogP contribution >= 0.6 is 0 Å². The average Bonchev–Trinajstić information content (AvgIpc) is 2.83. The normalized spacial score (nSPS) is 20.0. The maximum absolute atomic E-state index is 12.3. The molecular weight excluding hydrogens is 244 g/mol. The van der Waals surface area contributed by atoms with Gasteiger partial charge in [-0.05, 0) is 20.3 Å². The van der Waals surface area contributed by atoms with Crippen molar-refractivity contribution in [1.82, 2.24) is 15.1 Å². The zero-order valence-electron chi connectivity index (χ0n) is 11.6. The van der Waals surface area contributed by atoms with Gasteiger partial charge in [-0.2, -0.15) is 5.10 Å². The molecule has 0 aromatic carbocycles. The van der Waals surface area contributed by atoms with E-state index in [4.69, 9.17) is 0 Å². The minimum Gasteiger partial charge on any atom is -0.343 e.